The van der Waals surface area contributed by atoms with Gasteiger partial charge in [0, 0.05) is 24.5 Å². The monoisotopic (exact) mass is 532 g/mol. The molecule has 1 saturated heterocycles. The Morgan fingerprint density at radius 3 is 2.68 bits per heavy atom. The van der Waals surface area contributed by atoms with E-state index in [1.54, 1.807) is 30.3 Å². The number of methoxy groups -OCH3 is 1. The molecule has 194 valence electrons. The number of carboxylic acids is 1. The van der Waals surface area contributed by atoms with Crippen LogP contribution in [-0.4, -0.2) is 75.6 Å². The van der Waals surface area contributed by atoms with E-state index in [9.17, 15) is 29.1 Å². The highest BCUT2D eigenvalue weighted by atomic mass is 32.2. The lowest BCUT2D eigenvalue weighted by atomic mass is 9.98. The quantitative estimate of drug-likeness (QED) is 0.226. The number of carbonyl (C=O) groups is 5. The number of benzene rings is 1. The third-order valence-electron chi connectivity index (χ3n) is 5.43. The number of aromatic nitrogens is 1. The summed E-state index contributed by atoms with van der Waals surface area (Å²) in [6, 6.07) is 9.44. The van der Waals surface area contributed by atoms with Crippen molar-refractivity contribution in [3.63, 3.8) is 0 Å². The summed E-state index contributed by atoms with van der Waals surface area (Å²) in [6.45, 7) is -0.407. The van der Waals surface area contributed by atoms with E-state index in [2.05, 4.69) is 15.2 Å². The average Bonchev–Trinajstić information content (AvgIpc) is 3.31. The maximum Gasteiger partial charge on any atom is 0.404 e. The summed E-state index contributed by atoms with van der Waals surface area (Å²) in [5.74, 6) is -3.66. The summed E-state index contributed by atoms with van der Waals surface area (Å²) in [5.41, 5.74) is 3.18. The molecular formula is C22H20N4O10S. The van der Waals surface area contributed by atoms with Crippen LogP contribution in [0.5, 0.6) is 5.88 Å². The summed E-state index contributed by atoms with van der Waals surface area (Å²) in [4.78, 5) is 61.7. The minimum Gasteiger partial charge on any atom is -0.477 e. The molecule has 0 saturated carbocycles. The van der Waals surface area contributed by atoms with Gasteiger partial charge in [0.25, 0.3) is 17.5 Å². The first-order valence-electron chi connectivity index (χ1n) is 10.6. The Kier molecular flexibility index (Phi) is 7.17. The molecule has 1 aromatic carbocycles. The van der Waals surface area contributed by atoms with E-state index >= 15 is 0 Å². The molecule has 0 bridgehead atoms. The van der Waals surface area contributed by atoms with Crippen LogP contribution in [0, 0.1) is 0 Å². The topological polar surface area (TPSA) is 201 Å². The molecule has 2 aromatic rings. The highest BCUT2D eigenvalue weighted by molar-refractivity contribution is 8.00. The Bertz CT molecular complexity index is 1290. The molecule has 2 aliphatic heterocycles. The van der Waals surface area contributed by atoms with Gasteiger partial charge in [-0.25, -0.2) is 14.4 Å². The third-order valence-corrected chi connectivity index (χ3v) is 6.80. The Morgan fingerprint density at radius 2 is 2.03 bits per heavy atom. The summed E-state index contributed by atoms with van der Waals surface area (Å²) < 4.78 is 20.2. The molecule has 37 heavy (non-hydrogen) atoms. The number of rotatable bonds is 9. The molecule has 1 aromatic heterocycles. The van der Waals surface area contributed by atoms with Gasteiger partial charge < -0.3 is 34.9 Å². The largest absolute Gasteiger partial charge is 0.477 e. The number of β-lactam (4-membered cyclic amide) rings is 1. The number of nitrogens with one attached hydrogen (secondary N) is 1. The van der Waals surface area contributed by atoms with E-state index in [-0.39, 0.29) is 35.1 Å². The fourth-order valence-electron chi connectivity index (χ4n) is 3.78. The van der Waals surface area contributed by atoms with Crippen LogP contribution in [0.25, 0.3) is 0 Å². The second-order valence-corrected chi connectivity index (χ2v) is 8.82. The summed E-state index contributed by atoms with van der Waals surface area (Å²) in [6.07, 6.45) is -1.48. The van der Waals surface area contributed by atoms with Crippen molar-refractivity contribution >= 4 is 41.6 Å². The Labute approximate surface area is 212 Å². The molecule has 14 nitrogen and oxygen atoms in total. The van der Waals surface area contributed by atoms with Gasteiger partial charge in [-0.15, -0.1) is 11.8 Å². The summed E-state index contributed by atoms with van der Waals surface area (Å²) >= 11 is 1.11. The van der Waals surface area contributed by atoms with Crippen LogP contribution in [0.2, 0.25) is 0 Å². The lowest BCUT2D eigenvalue weighted by Gasteiger charge is -2.55. The van der Waals surface area contributed by atoms with E-state index in [0.29, 0.717) is 5.56 Å². The van der Waals surface area contributed by atoms with E-state index < -0.39 is 47.6 Å². The number of thioether (sulfide) groups is 1. The van der Waals surface area contributed by atoms with Crippen LogP contribution in [0.1, 0.15) is 16.1 Å². The summed E-state index contributed by atoms with van der Waals surface area (Å²) in [7, 11) is 1.20. The fourth-order valence-corrected chi connectivity index (χ4v) is 5.20. The van der Waals surface area contributed by atoms with Gasteiger partial charge in [0.15, 0.2) is 0 Å². The van der Waals surface area contributed by atoms with Crippen molar-refractivity contribution in [3.8, 4) is 5.88 Å². The van der Waals surface area contributed by atoms with Gasteiger partial charge >= 0.3 is 18.0 Å². The van der Waals surface area contributed by atoms with E-state index in [1.807, 2.05) is 0 Å². The zero-order valence-electron chi connectivity index (χ0n) is 19.2. The van der Waals surface area contributed by atoms with Crippen LogP contribution < -0.4 is 15.8 Å². The Morgan fingerprint density at radius 1 is 1.30 bits per heavy atom. The number of hydrogen-bond acceptors (Lipinski definition) is 11. The van der Waals surface area contributed by atoms with Gasteiger partial charge in [-0.2, -0.15) is 0 Å². The number of fused-ring (bicyclic) bond motifs is 1. The maximum absolute atomic E-state index is 13.0. The predicted molar refractivity (Wildman–Crippen MR) is 123 cm³/mol. The first kappa shape index (κ1) is 25.7. The highest BCUT2D eigenvalue weighted by Crippen LogP contribution is 2.46. The van der Waals surface area contributed by atoms with E-state index in [0.717, 1.165) is 16.7 Å². The van der Waals surface area contributed by atoms with E-state index in [4.69, 9.17) is 19.7 Å². The first-order valence-corrected chi connectivity index (χ1v) is 11.6. The Balaban J connectivity index is 1.43. The van der Waals surface area contributed by atoms with Crippen molar-refractivity contribution in [2.24, 2.45) is 5.73 Å². The number of carboxylic acid groups (broad SMARTS) is 1. The number of nitrogens with two attached hydrogens (primary N) is 1. The molecule has 4 N–H and O–H groups in total. The molecule has 2 atom stereocenters. The minimum absolute atomic E-state index is 0.0385. The lowest BCUT2D eigenvalue weighted by Crippen LogP contribution is -2.80. The smallest absolute Gasteiger partial charge is 0.404 e. The molecule has 1 fully saturated rings. The zero-order valence-corrected chi connectivity index (χ0v) is 20.0. The van der Waals surface area contributed by atoms with Crippen molar-refractivity contribution in [3.05, 3.63) is 59.0 Å². The number of ether oxygens (including phenoxy) is 3. The average molecular weight is 532 g/mol. The van der Waals surface area contributed by atoms with Crippen molar-refractivity contribution in [2.45, 2.75) is 17.5 Å². The van der Waals surface area contributed by atoms with Crippen molar-refractivity contribution in [1.29, 1.82) is 0 Å². The molecule has 0 aliphatic carbocycles. The number of hydrogen-bond donors (Lipinski definition) is 3. The number of esters is 1. The normalized spacial score (nSPS) is 20.5. The fraction of sp³-hybridized carbons (Fsp3) is 0.273. The molecule has 0 unspecified atom stereocenters. The van der Waals surface area contributed by atoms with Gasteiger partial charge in [0.2, 0.25) is 5.91 Å². The molecule has 4 rings (SSSR count). The van der Waals surface area contributed by atoms with Crippen LogP contribution in [0.3, 0.4) is 0 Å². The second-order valence-electron chi connectivity index (χ2n) is 7.76. The number of amides is 3. The van der Waals surface area contributed by atoms with E-state index in [1.165, 1.54) is 13.2 Å². The van der Waals surface area contributed by atoms with Crippen molar-refractivity contribution in [2.75, 3.05) is 19.5 Å². The molecule has 3 amide bonds. The SMILES string of the molecule is CO[C@@]1(NC(=O)Cc2cc(OC(=O)c3ccccc3)no2)C(=O)N2C(C(=O)O)=C(COC(N)=O)CS[C@@H]21. The molecule has 0 radical (unpaired) electrons. The predicted octanol–water partition coefficient (Wildman–Crippen LogP) is 0.244. The summed E-state index contributed by atoms with van der Waals surface area (Å²) in [5, 5.41) is 14.8. The number of primary amides is 1. The third kappa shape index (κ3) is 4.99. The minimum atomic E-state index is -1.85. The number of carbonyl (C=O) groups excluding carboxylic acids is 4. The molecule has 3 heterocycles. The van der Waals surface area contributed by atoms with Crippen LogP contribution in [0.15, 0.2) is 52.2 Å². The second kappa shape index (κ2) is 10.3. The number of aliphatic carboxylic acids is 1. The van der Waals surface area contributed by atoms with Gasteiger partial charge in [-0.3, -0.25) is 14.5 Å². The highest BCUT2D eigenvalue weighted by Gasteiger charge is 2.66. The van der Waals surface area contributed by atoms with Gasteiger partial charge in [0.1, 0.15) is 23.4 Å². The molecule has 0 spiro atoms. The van der Waals surface area contributed by atoms with Crippen LogP contribution in [0.4, 0.5) is 4.79 Å². The Hall–Kier alpha value is -4.37. The molecule has 15 heteroatoms. The van der Waals surface area contributed by atoms with Gasteiger partial charge in [-0.05, 0) is 17.3 Å². The number of nitrogens with zero attached hydrogens (tertiary/aromatic N) is 2. The standard InChI is InChI=1S/C22H20N4O10S/c1-33-22(19(31)26-16(17(28)29)12(9-34-21(23)32)10-37-20(22)26)24-14(27)7-13-8-15(25-36-13)35-18(30)11-5-3-2-4-6-11/h2-6,8,20H,7,9-10H2,1H3,(H2,23,32)(H,24,27)(H,28,29)/t20-,22+/m1/s1. The maximum atomic E-state index is 13.0. The molecular weight excluding hydrogens is 512 g/mol. The molecule has 2 aliphatic rings. The van der Waals surface area contributed by atoms with Crippen LogP contribution >= 0.6 is 11.8 Å². The zero-order chi connectivity index (χ0) is 26.7. The van der Waals surface area contributed by atoms with Gasteiger partial charge in [-0.1, -0.05) is 18.2 Å². The van der Waals surface area contributed by atoms with Gasteiger partial charge in [0.05, 0.1) is 12.0 Å². The van der Waals surface area contributed by atoms with Crippen molar-refractivity contribution < 1.29 is 47.8 Å². The van der Waals surface area contributed by atoms with Crippen molar-refractivity contribution in [1.82, 2.24) is 15.4 Å². The first-order chi connectivity index (χ1) is 17.7. The lowest BCUT2D eigenvalue weighted by molar-refractivity contribution is -0.192. The van der Waals surface area contributed by atoms with Crippen LogP contribution in [-0.2, 0) is 30.3 Å².